The standard InChI is InChI=1S/C23H24N2O3S/c1-16-9-7-8-12-21(16)18(3)24-23(26)19-13-14-22(17(2)15-19)25-29(27,28)20-10-5-4-6-11-20/h4-15,18,25H,1-3H3,(H,24,26)/t18-/m1/s1. The van der Waals surface area contributed by atoms with Crippen LogP contribution in [-0.4, -0.2) is 14.3 Å². The number of hydrogen-bond acceptors (Lipinski definition) is 3. The van der Waals surface area contributed by atoms with Crippen LogP contribution in [0.25, 0.3) is 0 Å². The molecule has 0 saturated heterocycles. The third-order valence-corrected chi connectivity index (χ3v) is 6.17. The SMILES string of the molecule is Cc1cc(C(=O)N[C@H](C)c2ccccc2C)ccc1NS(=O)(=O)c1ccccc1. The van der Waals surface area contributed by atoms with Crippen LogP contribution in [0.1, 0.15) is 40.0 Å². The largest absolute Gasteiger partial charge is 0.346 e. The highest BCUT2D eigenvalue weighted by Gasteiger charge is 2.17. The minimum atomic E-state index is -3.68. The van der Waals surface area contributed by atoms with Gasteiger partial charge < -0.3 is 5.32 Å². The Hall–Kier alpha value is -3.12. The maximum Gasteiger partial charge on any atom is 0.261 e. The van der Waals surface area contributed by atoms with E-state index < -0.39 is 10.0 Å². The molecule has 0 fully saturated rings. The molecule has 0 aliphatic rings. The van der Waals surface area contributed by atoms with Crippen molar-refractivity contribution in [3.05, 3.63) is 95.1 Å². The van der Waals surface area contributed by atoms with Gasteiger partial charge in [0.2, 0.25) is 0 Å². The lowest BCUT2D eigenvalue weighted by Crippen LogP contribution is -2.27. The molecule has 2 N–H and O–H groups in total. The predicted molar refractivity (Wildman–Crippen MR) is 115 cm³/mol. The highest BCUT2D eigenvalue weighted by molar-refractivity contribution is 7.92. The van der Waals surface area contributed by atoms with E-state index in [0.717, 1.165) is 11.1 Å². The summed E-state index contributed by atoms with van der Waals surface area (Å²) in [5, 5.41) is 3.00. The number of rotatable bonds is 6. The van der Waals surface area contributed by atoms with Crippen LogP contribution in [-0.2, 0) is 10.0 Å². The zero-order valence-corrected chi connectivity index (χ0v) is 17.5. The van der Waals surface area contributed by atoms with Crippen LogP contribution in [0.4, 0.5) is 5.69 Å². The lowest BCUT2D eigenvalue weighted by Gasteiger charge is -2.17. The Bertz CT molecular complexity index is 1130. The van der Waals surface area contributed by atoms with Gasteiger partial charge in [0.1, 0.15) is 0 Å². The Morgan fingerprint density at radius 3 is 2.17 bits per heavy atom. The molecule has 6 heteroatoms. The lowest BCUT2D eigenvalue weighted by atomic mass is 10.0. The molecule has 0 bridgehead atoms. The second-order valence-electron chi connectivity index (χ2n) is 7.00. The normalized spacial score (nSPS) is 12.2. The van der Waals surface area contributed by atoms with Crippen LogP contribution in [0.3, 0.4) is 0 Å². The number of carbonyl (C=O) groups is 1. The van der Waals surface area contributed by atoms with Gasteiger partial charge in [-0.05, 0) is 67.8 Å². The Labute approximate surface area is 171 Å². The van der Waals surface area contributed by atoms with Gasteiger partial charge >= 0.3 is 0 Å². The van der Waals surface area contributed by atoms with E-state index in [1.807, 2.05) is 38.1 Å². The molecule has 0 heterocycles. The van der Waals surface area contributed by atoms with Crippen LogP contribution in [0.15, 0.2) is 77.7 Å². The minimum Gasteiger partial charge on any atom is -0.346 e. The summed E-state index contributed by atoms with van der Waals surface area (Å²) >= 11 is 0. The second-order valence-corrected chi connectivity index (χ2v) is 8.68. The van der Waals surface area contributed by atoms with Crippen molar-refractivity contribution < 1.29 is 13.2 Å². The fourth-order valence-electron chi connectivity index (χ4n) is 3.15. The van der Waals surface area contributed by atoms with Crippen LogP contribution < -0.4 is 10.0 Å². The molecule has 1 atom stereocenters. The maximum absolute atomic E-state index is 12.7. The number of benzene rings is 3. The summed E-state index contributed by atoms with van der Waals surface area (Å²) in [4.78, 5) is 12.8. The summed E-state index contributed by atoms with van der Waals surface area (Å²) in [5.74, 6) is -0.207. The minimum absolute atomic E-state index is 0.139. The molecule has 3 aromatic carbocycles. The quantitative estimate of drug-likeness (QED) is 0.626. The van der Waals surface area contributed by atoms with E-state index in [1.54, 1.807) is 43.3 Å². The fraction of sp³-hybridized carbons (Fsp3) is 0.174. The number of anilines is 1. The van der Waals surface area contributed by atoms with Crippen molar-refractivity contribution in [1.82, 2.24) is 5.32 Å². The van der Waals surface area contributed by atoms with Gasteiger partial charge in [0.25, 0.3) is 15.9 Å². The first-order chi connectivity index (χ1) is 13.8. The summed E-state index contributed by atoms with van der Waals surface area (Å²) in [6.45, 7) is 5.72. The van der Waals surface area contributed by atoms with Crippen LogP contribution in [0, 0.1) is 13.8 Å². The van der Waals surface area contributed by atoms with Crippen molar-refractivity contribution in [3.63, 3.8) is 0 Å². The smallest absolute Gasteiger partial charge is 0.261 e. The molecule has 0 unspecified atom stereocenters. The van der Waals surface area contributed by atoms with E-state index in [-0.39, 0.29) is 16.8 Å². The lowest BCUT2D eigenvalue weighted by molar-refractivity contribution is 0.0939. The summed E-state index contributed by atoms with van der Waals surface area (Å²) in [5.41, 5.74) is 3.76. The predicted octanol–water partition coefficient (Wildman–Crippen LogP) is 4.60. The molecule has 0 radical (unpaired) electrons. The van der Waals surface area contributed by atoms with E-state index in [2.05, 4.69) is 10.0 Å². The Balaban J connectivity index is 1.75. The zero-order chi connectivity index (χ0) is 21.0. The molecular weight excluding hydrogens is 384 g/mol. The third kappa shape index (κ3) is 4.84. The van der Waals surface area contributed by atoms with Crippen LogP contribution in [0.2, 0.25) is 0 Å². The Morgan fingerprint density at radius 2 is 1.52 bits per heavy atom. The van der Waals surface area contributed by atoms with E-state index in [1.165, 1.54) is 12.1 Å². The highest BCUT2D eigenvalue weighted by atomic mass is 32.2. The molecule has 0 saturated carbocycles. The number of aryl methyl sites for hydroxylation is 2. The molecule has 0 aliphatic heterocycles. The van der Waals surface area contributed by atoms with Crippen LogP contribution >= 0.6 is 0 Å². The molecule has 29 heavy (non-hydrogen) atoms. The maximum atomic E-state index is 12.7. The third-order valence-electron chi connectivity index (χ3n) is 4.79. The molecule has 5 nitrogen and oxygen atoms in total. The monoisotopic (exact) mass is 408 g/mol. The van der Waals surface area contributed by atoms with Gasteiger partial charge in [-0.15, -0.1) is 0 Å². The van der Waals surface area contributed by atoms with E-state index in [0.29, 0.717) is 16.8 Å². The van der Waals surface area contributed by atoms with Gasteiger partial charge in [-0.2, -0.15) is 0 Å². The number of hydrogen-bond donors (Lipinski definition) is 2. The second kappa shape index (κ2) is 8.49. The average Bonchev–Trinajstić information content (AvgIpc) is 2.70. The van der Waals surface area contributed by atoms with Gasteiger partial charge in [-0.25, -0.2) is 8.42 Å². The number of sulfonamides is 1. The molecule has 0 aromatic heterocycles. The Kier molecular flexibility index (Phi) is 6.03. The number of carbonyl (C=O) groups excluding carboxylic acids is 1. The van der Waals surface area contributed by atoms with Gasteiger partial charge in [0, 0.05) is 5.56 Å². The first kappa shape index (κ1) is 20.6. The summed E-state index contributed by atoms with van der Waals surface area (Å²) in [6, 6.07) is 20.9. The van der Waals surface area contributed by atoms with Crippen molar-refractivity contribution >= 4 is 21.6 Å². The van der Waals surface area contributed by atoms with E-state index in [9.17, 15) is 13.2 Å². The topological polar surface area (TPSA) is 75.3 Å². The fourth-order valence-corrected chi connectivity index (χ4v) is 4.30. The average molecular weight is 409 g/mol. The number of amides is 1. The molecule has 0 aliphatic carbocycles. The molecular formula is C23H24N2O3S. The molecule has 0 spiro atoms. The van der Waals surface area contributed by atoms with Crippen molar-refractivity contribution in [2.24, 2.45) is 0 Å². The first-order valence-electron chi connectivity index (χ1n) is 9.33. The molecule has 3 aromatic rings. The summed E-state index contributed by atoms with van der Waals surface area (Å²) in [6.07, 6.45) is 0. The van der Waals surface area contributed by atoms with Crippen LogP contribution in [0.5, 0.6) is 0 Å². The van der Waals surface area contributed by atoms with Gasteiger partial charge in [-0.3, -0.25) is 9.52 Å². The number of nitrogens with one attached hydrogen (secondary N) is 2. The van der Waals surface area contributed by atoms with Crippen molar-refractivity contribution in [2.75, 3.05) is 4.72 Å². The van der Waals surface area contributed by atoms with E-state index >= 15 is 0 Å². The zero-order valence-electron chi connectivity index (χ0n) is 16.6. The van der Waals surface area contributed by atoms with E-state index in [4.69, 9.17) is 0 Å². The van der Waals surface area contributed by atoms with Gasteiger partial charge in [0.15, 0.2) is 0 Å². The van der Waals surface area contributed by atoms with Gasteiger partial charge in [0.05, 0.1) is 16.6 Å². The molecule has 150 valence electrons. The summed E-state index contributed by atoms with van der Waals surface area (Å²) < 4.78 is 27.6. The summed E-state index contributed by atoms with van der Waals surface area (Å²) in [7, 11) is -3.68. The molecule has 1 amide bonds. The van der Waals surface area contributed by atoms with Crippen molar-refractivity contribution in [3.8, 4) is 0 Å². The first-order valence-corrected chi connectivity index (χ1v) is 10.8. The highest BCUT2D eigenvalue weighted by Crippen LogP contribution is 2.22. The Morgan fingerprint density at radius 1 is 0.862 bits per heavy atom. The van der Waals surface area contributed by atoms with Crippen molar-refractivity contribution in [1.29, 1.82) is 0 Å². The van der Waals surface area contributed by atoms with Crippen molar-refractivity contribution in [2.45, 2.75) is 31.7 Å². The molecule has 3 rings (SSSR count). The van der Waals surface area contributed by atoms with Gasteiger partial charge in [-0.1, -0.05) is 42.5 Å².